The lowest BCUT2D eigenvalue weighted by Gasteiger charge is -2.41. The average molecular weight is 587 g/mol. The molecule has 4 rings (SSSR count). The number of nitrogens with one attached hydrogen (secondary N) is 1. The van der Waals surface area contributed by atoms with Gasteiger partial charge in [0.1, 0.15) is 36.6 Å². The number of hydrogen-bond donors (Lipinski definition) is 7. The normalized spacial score (nSPS) is 37.2. The molecular formula is C16H23N5O15P2-2. The van der Waals surface area contributed by atoms with E-state index >= 15 is 0 Å². The van der Waals surface area contributed by atoms with Crippen molar-refractivity contribution in [3.63, 3.8) is 0 Å². The highest BCUT2D eigenvalue weighted by Crippen LogP contribution is 2.57. The van der Waals surface area contributed by atoms with Gasteiger partial charge >= 0.3 is 0 Å². The molecule has 2 saturated heterocycles. The molecule has 2 aliphatic heterocycles. The Hall–Kier alpha value is -1.87. The number of rotatable bonds is 8. The molecule has 0 radical (unpaired) electrons. The van der Waals surface area contributed by atoms with Crippen molar-refractivity contribution in [2.24, 2.45) is 0 Å². The van der Waals surface area contributed by atoms with E-state index in [0.717, 1.165) is 10.9 Å². The number of aliphatic hydroxyl groups excluding tert-OH is 5. The predicted octanol–water partition coefficient (Wildman–Crippen LogP) is -4.86. The lowest BCUT2D eigenvalue weighted by molar-refractivity contribution is -0.299. The molecule has 0 bridgehead atoms. The molecule has 38 heavy (non-hydrogen) atoms. The topological polar surface area (TPSA) is 317 Å². The third-order valence-electron chi connectivity index (χ3n) is 5.70. The smallest absolute Gasteiger partial charge is 0.280 e. The van der Waals surface area contributed by atoms with Crippen LogP contribution in [0.4, 0.5) is 5.95 Å². The van der Waals surface area contributed by atoms with Crippen molar-refractivity contribution in [3.05, 3.63) is 16.7 Å². The van der Waals surface area contributed by atoms with Crippen molar-refractivity contribution >= 4 is 32.8 Å². The highest BCUT2D eigenvalue weighted by molar-refractivity contribution is 7.59. The van der Waals surface area contributed by atoms with Crippen LogP contribution in [0.5, 0.6) is 0 Å². The molecule has 2 aromatic heterocycles. The van der Waals surface area contributed by atoms with Crippen molar-refractivity contribution in [1.82, 2.24) is 19.5 Å². The Balaban J connectivity index is 1.39. The summed E-state index contributed by atoms with van der Waals surface area (Å²) in [5, 5.41) is 49.9. The quantitative estimate of drug-likeness (QED) is 0.142. The van der Waals surface area contributed by atoms with Gasteiger partial charge in [0.05, 0.1) is 19.0 Å². The zero-order chi connectivity index (χ0) is 28.2. The monoisotopic (exact) mass is 587 g/mol. The van der Waals surface area contributed by atoms with Gasteiger partial charge in [0, 0.05) is 0 Å². The number of aromatic amines is 1. The summed E-state index contributed by atoms with van der Waals surface area (Å²) in [5.41, 5.74) is 4.52. The van der Waals surface area contributed by atoms with Crippen LogP contribution < -0.4 is 21.1 Å². The number of aromatic nitrogens is 4. The fourth-order valence-corrected chi connectivity index (χ4v) is 5.86. The molecule has 22 heteroatoms. The van der Waals surface area contributed by atoms with E-state index in [4.69, 9.17) is 15.2 Å². The number of ether oxygens (including phenoxy) is 2. The Morgan fingerprint density at radius 2 is 1.76 bits per heavy atom. The van der Waals surface area contributed by atoms with Gasteiger partial charge in [0.25, 0.3) is 21.2 Å². The van der Waals surface area contributed by atoms with Crippen LogP contribution in [0.3, 0.4) is 0 Å². The summed E-state index contributed by atoms with van der Waals surface area (Å²) in [6.07, 6.45) is -14.3. The lowest BCUT2D eigenvalue weighted by atomic mass is 10.0. The Labute approximate surface area is 211 Å². The van der Waals surface area contributed by atoms with Gasteiger partial charge in [-0.15, -0.1) is 0 Å². The molecule has 0 aliphatic carbocycles. The van der Waals surface area contributed by atoms with Gasteiger partial charge in [-0.2, -0.15) is 4.98 Å². The number of H-pyrrole nitrogens is 1. The molecule has 2 fully saturated rings. The molecule has 20 nitrogen and oxygen atoms in total. The second kappa shape index (κ2) is 10.6. The second-order valence-corrected chi connectivity index (χ2v) is 11.3. The van der Waals surface area contributed by atoms with Crippen LogP contribution in [0.1, 0.15) is 13.2 Å². The molecule has 2 aliphatic rings. The van der Waals surface area contributed by atoms with Gasteiger partial charge in [-0.3, -0.25) is 28.0 Å². The summed E-state index contributed by atoms with van der Waals surface area (Å²) in [6, 6.07) is 0. The molecule has 0 saturated carbocycles. The first-order valence-electron chi connectivity index (χ1n) is 10.7. The predicted molar refractivity (Wildman–Crippen MR) is 114 cm³/mol. The third kappa shape index (κ3) is 5.83. The minimum absolute atomic E-state index is 0.120. The van der Waals surface area contributed by atoms with E-state index < -0.39 is 83.1 Å². The maximum absolute atomic E-state index is 12.1. The minimum atomic E-state index is -5.82. The zero-order valence-electron chi connectivity index (χ0n) is 19.1. The molecule has 214 valence electrons. The largest absolute Gasteiger partial charge is 0.756 e. The number of anilines is 1. The number of aliphatic hydroxyl groups is 5. The molecule has 4 heterocycles. The molecular weight excluding hydrogens is 564 g/mol. The fourth-order valence-electron chi connectivity index (χ4n) is 3.78. The van der Waals surface area contributed by atoms with E-state index in [0.29, 0.717) is 0 Å². The number of phosphoric acid groups is 2. The first kappa shape index (κ1) is 29.1. The van der Waals surface area contributed by atoms with Gasteiger partial charge in [-0.1, -0.05) is 0 Å². The number of nitrogens with two attached hydrogens (primary N) is 1. The van der Waals surface area contributed by atoms with E-state index in [-0.39, 0.29) is 17.1 Å². The summed E-state index contributed by atoms with van der Waals surface area (Å²) in [6.45, 7) is 0.168. The number of nitrogen functional groups attached to an aromatic ring is 1. The van der Waals surface area contributed by atoms with E-state index in [9.17, 15) is 49.2 Å². The third-order valence-corrected chi connectivity index (χ3v) is 8.23. The first-order valence-corrected chi connectivity index (χ1v) is 13.6. The summed E-state index contributed by atoms with van der Waals surface area (Å²) in [7, 11) is -11.6. The SMILES string of the molecule is C[C@H]1O[C@H](OP(=O)([O-])OP(=O)([O-])OC[C@H]2O[C@@H](n3cnc4c(=O)[nH]c(N)nc43)[C@H](O)[C@@H]2O)[C@@H](O)[C@H](O)[C@@H]1O. The van der Waals surface area contributed by atoms with Crippen LogP contribution in [0, 0.1) is 0 Å². The van der Waals surface area contributed by atoms with E-state index in [2.05, 4.69) is 28.3 Å². The molecule has 2 aromatic rings. The van der Waals surface area contributed by atoms with Crippen molar-refractivity contribution in [2.75, 3.05) is 12.3 Å². The number of fused-ring (bicyclic) bond motifs is 1. The van der Waals surface area contributed by atoms with Gasteiger partial charge in [-0.25, -0.2) is 9.29 Å². The number of nitrogens with zero attached hydrogens (tertiary/aromatic N) is 3. The van der Waals surface area contributed by atoms with Crippen molar-refractivity contribution in [2.45, 2.75) is 62.2 Å². The summed E-state index contributed by atoms with van der Waals surface area (Å²) in [4.78, 5) is 46.1. The van der Waals surface area contributed by atoms with Gasteiger partial charge in [0.15, 0.2) is 23.7 Å². The van der Waals surface area contributed by atoms with E-state index in [1.807, 2.05) is 0 Å². The molecule has 0 aromatic carbocycles. The highest BCUT2D eigenvalue weighted by atomic mass is 31.3. The summed E-state index contributed by atoms with van der Waals surface area (Å²) >= 11 is 0. The molecule has 0 amide bonds. The van der Waals surface area contributed by atoms with Crippen molar-refractivity contribution in [3.8, 4) is 0 Å². The zero-order valence-corrected chi connectivity index (χ0v) is 20.9. The Morgan fingerprint density at radius 1 is 1.08 bits per heavy atom. The number of phosphoric ester groups is 2. The number of imidazole rings is 1. The molecule has 8 N–H and O–H groups in total. The van der Waals surface area contributed by atoms with Crippen LogP contribution in [0.2, 0.25) is 0 Å². The highest BCUT2D eigenvalue weighted by Gasteiger charge is 2.46. The molecule has 2 unspecified atom stereocenters. The number of hydrogen-bond acceptors (Lipinski definition) is 18. The minimum Gasteiger partial charge on any atom is -0.756 e. The van der Waals surface area contributed by atoms with Gasteiger partial charge in [0.2, 0.25) is 5.95 Å². The van der Waals surface area contributed by atoms with Gasteiger partial charge in [-0.05, 0) is 6.92 Å². The van der Waals surface area contributed by atoms with Crippen LogP contribution in [0.25, 0.3) is 11.2 Å². The molecule has 11 atom stereocenters. The first-order chi connectivity index (χ1) is 17.6. The lowest BCUT2D eigenvalue weighted by Crippen LogP contribution is -2.57. The summed E-state index contributed by atoms with van der Waals surface area (Å²) < 4.78 is 48.3. The molecule has 0 spiro atoms. The van der Waals surface area contributed by atoms with E-state index in [1.165, 1.54) is 6.92 Å². The van der Waals surface area contributed by atoms with Crippen LogP contribution in [-0.2, 0) is 32.0 Å². The Morgan fingerprint density at radius 3 is 2.45 bits per heavy atom. The average Bonchev–Trinajstić information content (AvgIpc) is 3.35. The maximum atomic E-state index is 12.1. The maximum Gasteiger partial charge on any atom is 0.280 e. The van der Waals surface area contributed by atoms with Crippen LogP contribution >= 0.6 is 15.6 Å². The fraction of sp³-hybridized carbons (Fsp3) is 0.688. The Kier molecular flexibility index (Phi) is 8.12. The second-order valence-electron chi connectivity index (χ2n) is 8.38. The summed E-state index contributed by atoms with van der Waals surface area (Å²) in [5.74, 6) is -0.280. The van der Waals surface area contributed by atoms with E-state index in [1.54, 1.807) is 0 Å². The van der Waals surface area contributed by atoms with Crippen LogP contribution in [-0.4, -0.2) is 101 Å². The van der Waals surface area contributed by atoms with Crippen LogP contribution in [0.15, 0.2) is 11.1 Å². The Bertz CT molecular complexity index is 1320. The van der Waals surface area contributed by atoms with Crippen molar-refractivity contribution in [1.29, 1.82) is 0 Å². The van der Waals surface area contributed by atoms with Gasteiger partial charge < -0.3 is 55.1 Å². The standard InChI is InChI=1S/C16H25N5O15P2/c1-4-7(22)9(24)11(26)15(33-4)35-38(30,31)36-37(28,29)32-2-5-8(23)10(25)14(34-5)21-3-18-6-12(21)19-16(17)20-13(6)27/h3-5,7-11,14-15,22-26H,2H2,1H3,(H,28,29)(H,30,31)(H3,17,19,20,27)/p-2/t4-,5-,7-,8-,9-,10-,11+,14-,15-/m1/s1. The van der Waals surface area contributed by atoms with Crippen molar-refractivity contribution < 1.29 is 67.3 Å².